The van der Waals surface area contributed by atoms with Crippen LogP contribution >= 0.6 is 11.6 Å². The van der Waals surface area contributed by atoms with Gasteiger partial charge in [-0.05, 0) is 31.3 Å². The predicted molar refractivity (Wildman–Crippen MR) is 132 cm³/mol. The molecule has 1 aliphatic rings. The number of likely N-dealkylation sites (N-methyl/N-ethyl adjacent to an activating group) is 1. The Balaban J connectivity index is 1.45. The molecule has 1 saturated heterocycles. The molecular formula is C24H23ClFN7O. The van der Waals surface area contributed by atoms with Gasteiger partial charge in [-0.3, -0.25) is 9.36 Å². The summed E-state index contributed by atoms with van der Waals surface area (Å²) in [6, 6.07) is 12.3. The second-order valence-corrected chi connectivity index (χ2v) is 8.65. The number of amides is 1. The summed E-state index contributed by atoms with van der Waals surface area (Å²) in [5.74, 6) is -0.248. The lowest BCUT2D eigenvalue weighted by molar-refractivity contribution is 0.100. The van der Waals surface area contributed by atoms with E-state index in [1.165, 1.54) is 12.3 Å². The van der Waals surface area contributed by atoms with E-state index in [2.05, 4.69) is 27.2 Å². The van der Waals surface area contributed by atoms with Crippen LogP contribution < -0.4 is 16.0 Å². The molecule has 3 N–H and O–H groups in total. The van der Waals surface area contributed by atoms with E-state index in [0.717, 1.165) is 31.7 Å². The minimum Gasteiger partial charge on any atom is -0.367 e. The molecule has 2 aromatic carbocycles. The lowest BCUT2D eigenvalue weighted by Crippen LogP contribution is -2.44. The van der Waals surface area contributed by atoms with Gasteiger partial charge in [0.2, 0.25) is 5.95 Å². The van der Waals surface area contributed by atoms with Gasteiger partial charge in [0.1, 0.15) is 10.8 Å². The van der Waals surface area contributed by atoms with Crippen LogP contribution in [0.5, 0.6) is 0 Å². The van der Waals surface area contributed by atoms with E-state index in [4.69, 9.17) is 17.3 Å². The first-order valence-electron chi connectivity index (χ1n) is 10.8. The molecule has 1 fully saturated rings. The van der Waals surface area contributed by atoms with Gasteiger partial charge >= 0.3 is 0 Å². The van der Waals surface area contributed by atoms with Crippen LogP contribution in [0.3, 0.4) is 0 Å². The van der Waals surface area contributed by atoms with Crippen molar-refractivity contribution in [2.75, 3.05) is 43.4 Å². The first kappa shape index (κ1) is 22.1. The molecule has 0 radical (unpaired) electrons. The average Bonchev–Trinajstić information content (AvgIpc) is 3.21. The number of halogens is 2. The highest BCUT2D eigenvalue weighted by molar-refractivity contribution is 6.32. The van der Waals surface area contributed by atoms with Gasteiger partial charge in [-0.1, -0.05) is 29.8 Å². The van der Waals surface area contributed by atoms with E-state index in [9.17, 15) is 9.18 Å². The molecule has 34 heavy (non-hydrogen) atoms. The fourth-order valence-electron chi connectivity index (χ4n) is 4.16. The number of primary amides is 1. The molecule has 174 valence electrons. The number of rotatable bonds is 5. The first-order valence-corrected chi connectivity index (χ1v) is 11.2. The van der Waals surface area contributed by atoms with Gasteiger partial charge < -0.3 is 20.9 Å². The summed E-state index contributed by atoms with van der Waals surface area (Å²) in [7, 11) is 2.06. The number of piperazine rings is 1. The van der Waals surface area contributed by atoms with Crippen molar-refractivity contribution in [1.82, 2.24) is 19.4 Å². The van der Waals surface area contributed by atoms with E-state index in [-0.39, 0.29) is 11.8 Å². The third kappa shape index (κ3) is 4.15. The van der Waals surface area contributed by atoms with E-state index < -0.39 is 5.91 Å². The van der Waals surface area contributed by atoms with Crippen molar-refractivity contribution in [3.63, 3.8) is 0 Å². The van der Waals surface area contributed by atoms with Gasteiger partial charge in [0.15, 0.2) is 5.82 Å². The lowest BCUT2D eigenvalue weighted by Gasteiger charge is -2.34. The average molecular weight is 480 g/mol. The Bertz CT molecular complexity index is 1380. The fraction of sp³-hybridized carbons (Fsp3) is 0.208. The molecule has 0 unspecified atom stereocenters. The second kappa shape index (κ2) is 8.92. The Hall–Kier alpha value is -3.69. The summed E-state index contributed by atoms with van der Waals surface area (Å²) in [5, 5.41) is 4.03. The fourth-order valence-corrected chi connectivity index (χ4v) is 4.34. The van der Waals surface area contributed by atoms with Gasteiger partial charge in [0.25, 0.3) is 5.91 Å². The Morgan fingerprint density at radius 2 is 1.91 bits per heavy atom. The van der Waals surface area contributed by atoms with Crippen LogP contribution in [-0.2, 0) is 0 Å². The molecule has 0 atom stereocenters. The van der Waals surface area contributed by atoms with E-state index >= 15 is 0 Å². The third-order valence-electron chi connectivity index (χ3n) is 5.98. The van der Waals surface area contributed by atoms with E-state index in [1.54, 1.807) is 22.9 Å². The number of hydrogen-bond acceptors (Lipinski definition) is 6. The highest BCUT2D eigenvalue weighted by Gasteiger charge is 2.19. The van der Waals surface area contributed by atoms with Crippen LogP contribution in [-0.4, -0.2) is 58.6 Å². The third-order valence-corrected chi connectivity index (χ3v) is 6.25. The number of benzene rings is 2. The second-order valence-electron chi connectivity index (χ2n) is 8.24. The van der Waals surface area contributed by atoms with Crippen molar-refractivity contribution < 1.29 is 9.18 Å². The number of anilines is 3. The predicted octanol–water partition coefficient (Wildman–Crippen LogP) is 3.81. The summed E-state index contributed by atoms with van der Waals surface area (Å²) in [6.07, 6.45) is 3.06. The number of nitrogens with zero attached hydrogens (tertiary/aromatic N) is 5. The summed E-state index contributed by atoms with van der Waals surface area (Å²) in [4.78, 5) is 25.0. The Labute approximate surface area is 200 Å². The maximum Gasteiger partial charge on any atom is 0.250 e. The molecule has 8 nitrogen and oxygen atoms in total. The molecule has 0 bridgehead atoms. The van der Waals surface area contributed by atoms with E-state index in [1.807, 2.05) is 29.2 Å². The number of carbonyl (C=O) groups excluding carboxylic acids is 1. The SMILES string of the molecule is CN1CCN(c2ccc(Nc3ncc(Cl)c(-n4cc(C(N)=O)c5ccccc54)n3)cc2F)CC1. The molecule has 1 amide bonds. The quantitative estimate of drug-likeness (QED) is 0.452. The normalized spacial score (nSPS) is 14.5. The Morgan fingerprint density at radius 3 is 2.65 bits per heavy atom. The monoisotopic (exact) mass is 479 g/mol. The maximum atomic E-state index is 14.9. The smallest absolute Gasteiger partial charge is 0.250 e. The molecule has 4 aromatic rings. The molecule has 0 saturated carbocycles. The number of nitrogens with two attached hydrogens (primary N) is 1. The lowest BCUT2D eigenvalue weighted by atomic mass is 10.2. The highest BCUT2D eigenvalue weighted by atomic mass is 35.5. The van der Waals surface area contributed by atoms with Crippen molar-refractivity contribution in [2.45, 2.75) is 0 Å². The number of nitrogens with one attached hydrogen (secondary N) is 1. The van der Waals surface area contributed by atoms with Crippen LogP contribution in [0.2, 0.25) is 5.02 Å². The van der Waals surface area contributed by atoms with Crippen molar-refractivity contribution in [1.29, 1.82) is 0 Å². The number of para-hydroxylation sites is 1. The Morgan fingerprint density at radius 1 is 1.15 bits per heavy atom. The topological polar surface area (TPSA) is 92.3 Å². The van der Waals surface area contributed by atoms with Crippen molar-refractivity contribution in [3.8, 4) is 5.82 Å². The highest BCUT2D eigenvalue weighted by Crippen LogP contribution is 2.29. The number of carbonyl (C=O) groups is 1. The molecule has 2 aromatic heterocycles. The summed E-state index contributed by atoms with van der Waals surface area (Å²) in [5.41, 5.74) is 7.74. The van der Waals surface area contributed by atoms with Gasteiger partial charge in [-0.25, -0.2) is 9.37 Å². The molecule has 1 aliphatic heterocycles. The molecule has 3 heterocycles. The molecule has 10 heteroatoms. The summed E-state index contributed by atoms with van der Waals surface area (Å²) in [6.45, 7) is 3.35. The standard InChI is InChI=1S/C24H23ClFN7O/c1-31-8-10-32(11-9-31)21-7-6-15(12-19(21)26)29-24-28-13-18(25)23(30-24)33-14-17(22(27)34)16-4-2-3-5-20(16)33/h2-7,12-14H,8-11H2,1H3,(H2,27,34)(H,28,29,30). The van der Waals surface area contributed by atoms with Gasteiger partial charge in [0.05, 0.1) is 23.0 Å². The van der Waals surface area contributed by atoms with Crippen molar-refractivity contribution in [2.24, 2.45) is 5.73 Å². The van der Waals surface area contributed by atoms with Gasteiger partial charge in [-0.15, -0.1) is 0 Å². The molecule has 0 aliphatic carbocycles. The van der Waals surface area contributed by atoms with Crippen LogP contribution in [0, 0.1) is 5.82 Å². The largest absolute Gasteiger partial charge is 0.367 e. The first-order chi connectivity index (χ1) is 16.4. The molecule has 5 rings (SSSR count). The van der Waals surface area contributed by atoms with Crippen LogP contribution in [0.4, 0.5) is 21.7 Å². The number of fused-ring (bicyclic) bond motifs is 1. The molecule has 0 spiro atoms. The van der Waals surface area contributed by atoms with Crippen LogP contribution in [0.25, 0.3) is 16.7 Å². The van der Waals surface area contributed by atoms with Crippen LogP contribution in [0.1, 0.15) is 10.4 Å². The Kier molecular flexibility index (Phi) is 5.80. The van der Waals surface area contributed by atoms with Crippen molar-refractivity contribution in [3.05, 3.63) is 71.3 Å². The minimum atomic E-state index is -0.547. The van der Waals surface area contributed by atoms with Crippen molar-refractivity contribution >= 4 is 45.7 Å². The van der Waals surface area contributed by atoms with E-state index in [0.29, 0.717) is 33.2 Å². The van der Waals surface area contributed by atoms with Crippen LogP contribution in [0.15, 0.2) is 54.9 Å². The minimum absolute atomic E-state index is 0.240. The summed E-state index contributed by atoms with van der Waals surface area (Å²) >= 11 is 6.41. The van der Waals surface area contributed by atoms with Gasteiger partial charge in [-0.2, -0.15) is 4.98 Å². The zero-order chi connectivity index (χ0) is 23.8. The maximum absolute atomic E-state index is 14.9. The summed E-state index contributed by atoms with van der Waals surface area (Å²) < 4.78 is 16.6. The zero-order valence-corrected chi connectivity index (χ0v) is 19.3. The zero-order valence-electron chi connectivity index (χ0n) is 18.5. The molecular weight excluding hydrogens is 457 g/mol. The number of aromatic nitrogens is 3. The van der Waals surface area contributed by atoms with Gasteiger partial charge in [0, 0.05) is 43.4 Å². The number of hydrogen-bond donors (Lipinski definition) is 2.